The molecule has 0 aliphatic rings. The van der Waals surface area contributed by atoms with E-state index < -0.39 is 0 Å². The van der Waals surface area contributed by atoms with Crippen molar-refractivity contribution >= 4 is 17.7 Å². The molecule has 1 atom stereocenters. The van der Waals surface area contributed by atoms with Crippen LogP contribution in [0.1, 0.15) is 12.5 Å². The highest BCUT2D eigenvalue weighted by Crippen LogP contribution is 2.11. The first-order valence-corrected chi connectivity index (χ1v) is 7.50. The quantitative estimate of drug-likeness (QED) is 0.757. The van der Waals surface area contributed by atoms with Crippen LogP contribution in [-0.4, -0.2) is 37.1 Å². The molecule has 1 amide bonds. The van der Waals surface area contributed by atoms with E-state index in [2.05, 4.69) is 5.32 Å². The van der Waals surface area contributed by atoms with Gasteiger partial charge in [-0.1, -0.05) is 12.1 Å². The van der Waals surface area contributed by atoms with Crippen molar-refractivity contribution in [1.29, 1.82) is 0 Å². The molecule has 0 aromatic heterocycles. The zero-order valence-corrected chi connectivity index (χ0v) is 12.3. The minimum atomic E-state index is 0.0687. The number of ether oxygens (including phenoxy) is 1. The molecule has 0 heterocycles. The van der Waals surface area contributed by atoms with Gasteiger partial charge in [0.2, 0.25) is 5.91 Å². The SMILES string of the molecule is COc1ccc(CCNC(=O)CSCC(C)N)cc1. The van der Waals surface area contributed by atoms with Crippen LogP contribution in [0.25, 0.3) is 0 Å². The third kappa shape index (κ3) is 7.08. The molecule has 0 saturated heterocycles. The molecule has 3 N–H and O–H groups in total. The summed E-state index contributed by atoms with van der Waals surface area (Å²) < 4.78 is 5.09. The summed E-state index contributed by atoms with van der Waals surface area (Å²) in [6.07, 6.45) is 0.827. The van der Waals surface area contributed by atoms with Gasteiger partial charge in [-0.15, -0.1) is 0 Å². The first-order chi connectivity index (χ1) is 9.11. The lowest BCUT2D eigenvalue weighted by molar-refractivity contribution is -0.118. The number of methoxy groups -OCH3 is 1. The maximum absolute atomic E-state index is 11.5. The standard InChI is InChI=1S/C14H22N2O2S/c1-11(15)9-19-10-14(17)16-8-7-12-3-5-13(18-2)6-4-12/h3-6,11H,7-10,15H2,1-2H3,(H,16,17). The van der Waals surface area contributed by atoms with Crippen molar-refractivity contribution in [3.8, 4) is 5.75 Å². The molecule has 0 saturated carbocycles. The minimum Gasteiger partial charge on any atom is -0.497 e. The molecule has 19 heavy (non-hydrogen) atoms. The Hall–Kier alpha value is -1.20. The van der Waals surface area contributed by atoms with Crippen LogP contribution >= 0.6 is 11.8 Å². The molecule has 1 unspecified atom stereocenters. The van der Waals surface area contributed by atoms with Gasteiger partial charge in [-0.25, -0.2) is 0 Å². The third-order valence-corrected chi connectivity index (χ3v) is 3.74. The van der Waals surface area contributed by atoms with Gasteiger partial charge in [0, 0.05) is 18.3 Å². The summed E-state index contributed by atoms with van der Waals surface area (Å²) in [7, 11) is 1.65. The Bertz CT molecular complexity index is 380. The third-order valence-electron chi connectivity index (χ3n) is 2.51. The number of nitrogens with one attached hydrogen (secondary N) is 1. The second kappa shape index (κ2) is 8.82. The van der Waals surface area contributed by atoms with E-state index in [0.29, 0.717) is 12.3 Å². The van der Waals surface area contributed by atoms with Crippen LogP contribution in [0.4, 0.5) is 0 Å². The molecule has 1 aromatic rings. The molecule has 4 nitrogen and oxygen atoms in total. The van der Waals surface area contributed by atoms with Crippen LogP contribution in [0.2, 0.25) is 0 Å². The zero-order valence-electron chi connectivity index (χ0n) is 11.5. The highest BCUT2D eigenvalue weighted by Gasteiger charge is 2.02. The van der Waals surface area contributed by atoms with Crippen molar-refractivity contribution in [3.63, 3.8) is 0 Å². The van der Waals surface area contributed by atoms with Crippen molar-refractivity contribution in [2.45, 2.75) is 19.4 Å². The monoisotopic (exact) mass is 282 g/mol. The van der Waals surface area contributed by atoms with Crippen molar-refractivity contribution in [3.05, 3.63) is 29.8 Å². The van der Waals surface area contributed by atoms with Gasteiger partial charge in [0.15, 0.2) is 0 Å². The zero-order chi connectivity index (χ0) is 14.1. The second-order valence-corrected chi connectivity index (χ2v) is 5.47. The van der Waals surface area contributed by atoms with E-state index in [1.807, 2.05) is 31.2 Å². The van der Waals surface area contributed by atoms with Crippen LogP contribution in [0.5, 0.6) is 5.75 Å². The Balaban J connectivity index is 2.16. The molecule has 0 aliphatic carbocycles. The van der Waals surface area contributed by atoms with E-state index in [0.717, 1.165) is 17.9 Å². The lowest BCUT2D eigenvalue weighted by Crippen LogP contribution is -2.28. The Kier molecular flexibility index (Phi) is 7.36. The van der Waals surface area contributed by atoms with Crippen LogP contribution in [-0.2, 0) is 11.2 Å². The summed E-state index contributed by atoms with van der Waals surface area (Å²) in [5.41, 5.74) is 6.80. The molecule has 1 aromatic carbocycles. The number of carbonyl (C=O) groups is 1. The van der Waals surface area contributed by atoms with Gasteiger partial charge < -0.3 is 15.8 Å². The fourth-order valence-electron chi connectivity index (χ4n) is 1.53. The Morgan fingerprint density at radius 1 is 1.42 bits per heavy atom. The lowest BCUT2D eigenvalue weighted by atomic mass is 10.1. The van der Waals surface area contributed by atoms with Crippen LogP contribution in [0, 0.1) is 0 Å². The predicted octanol–water partition coefficient (Wildman–Crippen LogP) is 1.43. The van der Waals surface area contributed by atoms with Crippen LogP contribution in [0.15, 0.2) is 24.3 Å². The molecule has 0 radical (unpaired) electrons. The van der Waals surface area contributed by atoms with Crippen molar-refractivity contribution in [2.24, 2.45) is 5.73 Å². The van der Waals surface area contributed by atoms with E-state index in [9.17, 15) is 4.79 Å². The molecule has 0 aliphatic heterocycles. The van der Waals surface area contributed by atoms with Crippen molar-refractivity contribution in [2.75, 3.05) is 25.2 Å². The number of amides is 1. The number of benzene rings is 1. The predicted molar refractivity (Wildman–Crippen MR) is 80.7 cm³/mol. The second-order valence-electron chi connectivity index (χ2n) is 4.44. The maximum Gasteiger partial charge on any atom is 0.230 e. The topological polar surface area (TPSA) is 64.3 Å². The van der Waals surface area contributed by atoms with E-state index in [1.165, 1.54) is 5.56 Å². The van der Waals surface area contributed by atoms with Crippen LogP contribution in [0.3, 0.4) is 0 Å². The number of thioether (sulfide) groups is 1. The molecule has 0 fully saturated rings. The van der Waals surface area contributed by atoms with Crippen molar-refractivity contribution < 1.29 is 9.53 Å². The number of rotatable bonds is 8. The normalized spacial score (nSPS) is 11.9. The molecule has 0 spiro atoms. The van der Waals surface area contributed by atoms with Gasteiger partial charge in [0.25, 0.3) is 0 Å². The average Bonchev–Trinajstić information content (AvgIpc) is 2.39. The van der Waals surface area contributed by atoms with Gasteiger partial charge in [0.05, 0.1) is 12.9 Å². The van der Waals surface area contributed by atoms with E-state index in [-0.39, 0.29) is 11.9 Å². The number of nitrogens with two attached hydrogens (primary N) is 1. The Labute approximate surface area is 119 Å². The van der Waals surface area contributed by atoms with Gasteiger partial charge in [0.1, 0.15) is 5.75 Å². The Morgan fingerprint density at radius 3 is 2.68 bits per heavy atom. The fraction of sp³-hybridized carbons (Fsp3) is 0.500. The van der Waals surface area contributed by atoms with Gasteiger partial charge in [-0.2, -0.15) is 11.8 Å². The van der Waals surface area contributed by atoms with Gasteiger partial charge in [-0.05, 0) is 31.0 Å². The molecular weight excluding hydrogens is 260 g/mol. The lowest BCUT2D eigenvalue weighted by Gasteiger charge is -2.07. The van der Waals surface area contributed by atoms with Crippen molar-refractivity contribution in [1.82, 2.24) is 5.32 Å². The highest BCUT2D eigenvalue weighted by molar-refractivity contribution is 7.99. The van der Waals surface area contributed by atoms with Crippen LogP contribution < -0.4 is 15.8 Å². The van der Waals surface area contributed by atoms with Gasteiger partial charge >= 0.3 is 0 Å². The molecular formula is C14H22N2O2S. The van der Waals surface area contributed by atoms with E-state index in [1.54, 1.807) is 18.9 Å². The molecule has 1 rings (SSSR count). The Morgan fingerprint density at radius 2 is 2.11 bits per heavy atom. The number of hydrogen-bond acceptors (Lipinski definition) is 4. The number of hydrogen-bond donors (Lipinski definition) is 2. The summed E-state index contributed by atoms with van der Waals surface area (Å²) in [4.78, 5) is 11.5. The summed E-state index contributed by atoms with van der Waals surface area (Å²) >= 11 is 1.57. The smallest absolute Gasteiger partial charge is 0.230 e. The van der Waals surface area contributed by atoms with E-state index in [4.69, 9.17) is 10.5 Å². The molecule has 5 heteroatoms. The fourth-order valence-corrected chi connectivity index (χ4v) is 2.30. The summed E-state index contributed by atoms with van der Waals surface area (Å²) in [5, 5.41) is 2.90. The summed E-state index contributed by atoms with van der Waals surface area (Å²) in [5.74, 6) is 2.20. The highest BCUT2D eigenvalue weighted by atomic mass is 32.2. The summed E-state index contributed by atoms with van der Waals surface area (Å²) in [6.45, 7) is 2.60. The maximum atomic E-state index is 11.5. The minimum absolute atomic E-state index is 0.0687. The molecule has 106 valence electrons. The summed E-state index contributed by atoms with van der Waals surface area (Å²) in [6, 6.07) is 8.01. The largest absolute Gasteiger partial charge is 0.497 e. The molecule has 0 bridgehead atoms. The first-order valence-electron chi connectivity index (χ1n) is 6.34. The average molecular weight is 282 g/mol. The number of carbonyl (C=O) groups excluding carboxylic acids is 1. The van der Waals surface area contributed by atoms with Gasteiger partial charge in [-0.3, -0.25) is 4.79 Å². The van der Waals surface area contributed by atoms with E-state index >= 15 is 0 Å². The first kappa shape index (κ1) is 15.9.